The van der Waals surface area contributed by atoms with E-state index in [1.165, 1.54) is 119 Å². The van der Waals surface area contributed by atoms with Crippen molar-refractivity contribution in [2.75, 3.05) is 0 Å². The van der Waals surface area contributed by atoms with E-state index in [9.17, 15) is 0 Å². The fraction of sp³-hybridized carbons (Fsp3) is 0. The molecule has 0 amide bonds. The molecule has 120 heavy (non-hydrogen) atoms. The number of hydrogen-bond acceptors (Lipinski definition) is 6. The lowest BCUT2D eigenvalue weighted by atomic mass is 9.97. The van der Waals surface area contributed by atoms with Gasteiger partial charge in [-0.3, -0.25) is 18.3 Å². The SMILES string of the molecule is c1ccc2c(c1)ccc1c2c2ccccc2n1-c1nc(-n2c3ccccc3c3cc4c5cc(-c6ccc7c8c9ccccc9ccc8n(-c8nc(-n9c%10ccccc%10c%10cc%11c%12ccccc%12n%12c%13ccc%14ccccc%14c%13c(c%109)c%11%12)nc9c8sc8ccccc89)c7c6)ccc5n5c6ccc7ccccc7c6c(c32)c45)c2sc3ccccc3c2n1. The summed E-state index contributed by atoms with van der Waals surface area (Å²) in [6.07, 6.45) is 0. The van der Waals surface area contributed by atoms with Crippen LogP contribution in [-0.4, -0.2) is 47.0 Å². The van der Waals surface area contributed by atoms with Crippen molar-refractivity contribution in [3.63, 3.8) is 0 Å². The van der Waals surface area contributed by atoms with Gasteiger partial charge in [0.05, 0.1) is 97.7 Å². The van der Waals surface area contributed by atoms with Gasteiger partial charge in [0.1, 0.15) is 0 Å². The van der Waals surface area contributed by atoms with E-state index in [1.807, 2.05) is 0 Å². The third kappa shape index (κ3) is 7.76. The summed E-state index contributed by atoms with van der Waals surface area (Å²) in [5.41, 5.74) is 19.7. The Hall–Kier alpha value is -15.6. The molecule has 30 rings (SSSR count). The van der Waals surface area contributed by atoms with Gasteiger partial charge in [0.2, 0.25) is 11.9 Å². The molecule has 0 unspecified atom stereocenters. The highest BCUT2D eigenvalue weighted by molar-refractivity contribution is 7.26. The smallest absolute Gasteiger partial charge is 0.237 e. The summed E-state index contributed by atoms with van der Waals surface area (Å²) in [7, 11) is 0. The zero-order valence-electron chi connectivity index (χ0n) is 63.6. The van der Waals surface area contributed by atoms with Crippen LogP contribution in [0.25, 0.3) is 282 Å². The molecule has 12 aromatic heterocycles. The summed E-state index contributed by atoms with van der Waals surface area (Å²) in [4.78, 5) is 23.9. The fourth-order valence-electron chi connectivity index (χ4n) is 22.0. The van der Waals surface area contributed by atoms with Crippen LogP contribution in [0.2, 0.25) is 0 Å². The molecule has 550 valence electrons. The summed E-state index contributed by atoms with van der Waals surface area (Å²) in [6.45, 7) is 0. The normalized spacial score (nSPS) is 12.8. The molecule has 0 bridgehead atoms. The first-order chi connectivity index (χ1) is 59.6. The Labute approximate surface area is 686 Å². The summed E-state index contributed by atoms with van der Waals surface area (Å²) in [5, 5.41) is 30.8. The average Bonchev–Trinajstić information content (AvgIpc) is 1.51. The molecule has 0 atom stereocenters. The van der Waals surface area contributed by atoms with E-state index in [1.54, 1.807) is 22.7 Å². The van der Waals surface area contributed by atoms with Crippen molar-refractivity contribution in [3.8, 4) is 34.7 Å². The van der Waals surface area contributed by atoms with Gasteiger partial charge >= 0.3 is 0 Å². The minimum Gasteiger partial charge on any atom is -0.308 e. The Morgan fingerprint density at radius 1 is 0.192 bits per heavy atom. The zero-order chi connectivity index (χ0) is 77.3. The molecule has 0 saturated heterocycles. The van der Waals surface area contributed by atoms with Gasteiger partial charge in [-0.1, -0.05) is 249 Å². The van der Waals surface area contributed by atoms with Gasteiger partial charge < -0.3 is 8.80 Å². The summed E-state index contributed by atoms with van der Waals surface area (Å²) in [5.74, 6) is 2.92. The molecule has 12 heterocycles. The predicted octanol–water partition coefficient (Wildman–Crippen LogP) is 29.0. The second-order valence-corrected chi connectivity index (χ2v) is 34.7. The number of rotatable bonds is 5. The maximum absolute atomic E-state index is 6.17. The van der Waals surface area contributed by atoms with Crippen molar-refractivity contribution in [1.29, 1.82) is 0 Å². The van der Waals surface area contributed by atoms with Gasteiger partial charge in [-0.15, -0.1) is 22.7 Å². The van der Waals surface area contributed by atoms with Crippen molar-refractivity contribution in [3.05, 3.63) is 340 Å². The van der Waals surface area contributed by atoms with Crippen molar-refractivity contribution in [2.24, 2.45) is 0 Å². The maximum atomic E-state index is 6.17. The van der Waals surface area contributed by atoms with E-state index < -0.39 is 0 Å². The minimum atomic E-state index is 0.615. The molecule has 0 N–H and O–H groups in total. The molecule has 0 fully saturated rings. The van der Waals surface area contributed by atoms with E-state index in [2.05, 4.69) is 367 Å². The lowest BCUT2D eigenvalue weighted by Gasteiger charge is -2.14. The maximum Gasteiger partial charge on any atom is 0.237 e. The third-order valence-electron chi connectivity index (χ3n) is 26.8. The second kappa shape index (κ2) is 22.3. The Kier molecular flexibility index (Phi) is 11.7. The van der Waals surface area contributed by atoms with Crippen LogP contribution in [0.15, 0.2) is 340 Å². The lowest BCUT2D eigenvalue weighted by molar-refractivity contribution is 0.977. The first kappa shape index (κ1) is 62.7. The standard InChI is InChI=1S/C108H56N10S2/c1-5-25-63-58(22-1)43-50-85-91(63)70-32-12-18-38-82(70)116(85)107-109-98-73-34-14-20-40-90(73)120-104(98)106(112-107)117-80-36-16-10-30-68(80)76-56-78-74-53-61(46-48-83(74)114-87-52-45-59-23-3-7-27-65(59)93(87)95(100(78)114)101(76)117)62-41-47-71-88(54-62)115(84-49-42-57-21-2-6-26-64(57)92(71)84)105-103-97(72-33-13-19-39-89(72)119-103)110-108(111-105)118-81-37-17-11-31-69(81)77-55-75-67-29-9-15-35-79(67)113-86-51-44-60-24-4-8-28-66(60)94(86)96(99(75)113)102(77)118/h1-56H. The molecular formula is C108H56N10S2. The Balaban J connectivity index is 0.686. The highest BCUT2D eigenvalue weighted by Crippen LogP contribution is 2.54. The monoisotopic (exact) mass is 1560 g/mol. The third-order valence-corrected chi connectivity index (χ3v) is 29.1. The second-order valence-electron chi connectivity index (χ2n) is 32.6. The number of aromatic nitrogens is 10. The number of nitrogens with zero attached hydrogens (tertiary/aromatic N) is 10. The molecule has 0 radical (unpaired) electrons. The van der Waals surface area contributed by atoms with Gasteiger partial charge in [-0.25, -0.2) is 9.97 Å². The predicted molar refractivity (Wildman–Crippen MR) is 506 cm³/mol. The molecule has 0 aliphatic heterocycles. The lowest BCUT2D eigenvalue weighted by Crippen LogP contribution is -2.06. The van der Waals surface area contributed by atoms with Crippen LogP contribution < -0.4 is 0 Å². The van der Waals surface area contributed by atoms with E-state index in [0.717, 1.165) is 151 Å². The van der Waals surface area contributed by atoms with Crippen LogP contribution in [0.4, 0.5) is 0 Å². The molecule has 0 saturated carbocycles. The average molecular weight is 1560 g/mol. The molecule has 0 aliphatic carbocycles. The molecule has 0 spiro atoms. The zero-order valence-corrected chi connectivity index (χ0v) is 65.3. The molecule has 10 nitrogen and oxygen atoms in total. The van der Waals surface area contributed by atoms with Crippen molar-refractivity contribution < 1.29 is 0 Å². The van der Waals surface area contributed by atoms with E-state index in [-0.39, 0.29) is 0 Å². The highest BCUT2D eigenvalue weighted by Gasteiger charge is 2.33. The molecular weight excluding hydrogens is 1500 g/mol. The van der Waals surface area contributed by atoms with Crippen molar-refractivity contribution in [2.45, 2.75) is 0 Å². The van der Waals surface area contributed by atoms with Gasteiger partial charge in [-0.2, -0.15) is 9.97 Å². The summed E-state index contributed by atoms with van der Waals surface area (Å²) < 4.78 is 19.2. The fourth-order valence-corrected chi connectivity index (χ4v) is 24.2. The Morgan fingerprint density at radius 2 is 0.550 bits per heavy atom. The van der Waals surface area contributed by atoms with Gasteiger partial charge in [0.25, 0.3) is 0 Å². The van der Waals surface area contributed by atoms with Gasteiger partial charge in [0, 0.05) is 106 Å². The van der Waals surface area contributed by atoms with E-state index in [0.29, 0.717) is 11.9 Å². The first-order valence-corrected chi connectivity index (χ1v) is 42.6. The molecule has 12 heteroatoms. The van der Waals surface area contributed by atoms with Gasteiger partial charge in [-0.05, 0) is 145 Å². The van der Waals surface area contributed by atoms with E-state index in [4.69, 9.17) is 19.9 Å². The largest absolute Gasteiger partial charge is 0.308 e. The number of hydrogen-bond donors (Lipinski definition) is 0. The van der Waals surface area contributed by atoms with Crippen molar-refractivity contribution >= 4 is 270 Å². The summed E-state index contributed by atoms with van der Waals surface area (Å²) in [6, 6.07) is 126. The van der Waals surface area contributed by atoms with Crippen molar-refractivity contribution in [1.82, 2.24) is 47.0 Å². The van der Waals surface area contributed by atoms with Crippen LogP contribution in [0.3, 0.4) is 0 Å². The number of thiophene rings is 2. The minimum absolute atomic E-state index is 0.615. The van der Waals surface area contributed by atoms with Gasteiger partial charge in [0.15, 0.2) is 11.6 Å². The Morgan fingerprint density at radius 3 is 1.10 bits per heavy atom. The number of benzene rings is 18. The van der Waals surface area contributed by atoms with Crippen LogP contribution in [-0.2, 0) is 0 Å². The molecule has 0 aliphatic rings. The topological polar surface area (TPSA) is 80.1 Å². The van der Waals surface area contributed by atoms with E-state index >= 15 is 0 Å². The Bertz CT molecular complexity index is 9990. The molecule has 30 aromatic rings. The highest BCUT2D eigenvalue weighted by atomic mass is 32.1. The molecule has 18 aromatic carbocycles. The number of para-hydroxylation sites is 4. The quantitative estimate of drug-likeness (QED) is 0.172. The van der Waals surface area contributed by atoms with Crippen LogP contribution in [0.1, 0.15) is 0 Å². The first-order valence-electron chi connectivity index (χ1n) is 40.9. The van der Waals surface area contributed by atoms with Crippen LogP contribution in [0, 0.1) is 0 Å². The van der Waals surface area contributed by atoms with Crippen LogP contribution in [0.5, 0.6) is 0 Å². The number of fused-ring (bicyclic) bond motifs is 40. The van der Waals surface area contributed by atoms with Crippen LogP contribution >= 0.6 is 22.7 Å². The summed E-state index contributed by atoms with van der Waals surface area (Å²) >= 11 is 3.55.